The lowest BCUT2D eigenvalue weighted by Crippen LogP contribution is -2.32. The maximum Gasteiger partial charge on any atom is 0.197 e. The maximum absolute atomic E-state index is 6.12. The third-order valence-electron chi connectivity index (χ3n) is 4.21. The molecule has 0 radical (unpaired) electrons. The molecule has 1 aromatic heterocycles. The summed E-state index contributed by atoms with van der Waals surface area (Å²) in [5.74, 6) is 1.50. The van der Waals surface area contributed by atoms with E-state index in [1.54, 1.807) is 6.26 Å². The molecule has 3 atom stereocenters. The fourth-order valence-corrected chi connectivity index (χ4v) is 3.54. The van der Waals surface area contributed by atoms with Crippen molar-refractivity contribution >= 4 is 11.6 Å². The molecular formula is C14H22ClNO. The van der Waals surface area contributed by atoms with Gasteiger partial charge < -0.3 is 9.73 Å². The average molecular weight is 256 g/mol. The summed E-state index contributed by atoms with van der Waals surface area (Å²) in [4.78, 5) is 0. The molecule has 96 valence electrons. The van der Waals surface area contributed by atoms with Crippen LogP contribution in [0.2, 0.25) is 5.22 Å². The zero-order valence-electron chi connectivity index (χ0n) is 10.7. The van der Waals surface area contributed by atoms with Crippen LogP contribution in [-0.4, -0.2) is 7.05 Å². The van der Waals surface area contributed by atoms with Crippen molar-refractivity contribution in [1.82, 2.24) is 5.32 Å². The van der Waals surface area contributed by atoms with Gasteiger partial charge in [-0.3, -0.25) is 0 Å². The largest absolute Gasteiger partial charge is 0.453 e. The number of rotatable bonds is 4. The van der Waals surface area contributed by atoms with E-state index in [1.165, 1.54) is 32.1 Å². The zero-order valence-corrected chi connectivity index (χ0v) is 11.5. The monoisotopic (exact) mass is 255 g/mol. The summed E-state index contributed by atoms with van der Waals surface area (Å²) in [5, 5.41) is 3.98. The third-order valence-corrected chi connectivity index (χ3v) is 4.52. The van der Waals surface area contributed by atoms with Gasteiger partial charge in [0, 0.05) is 11.6 Å². The Morgan fingerprint density at radius 2 is 2.24 bits per heavy atom. The van der Waals surface area contributed by atoms with Crippen molar-refractivity contribution < 1.29 is 4.42 Å². The van der Waals surface area contributed by atoms with Crippen LogP contribution in [0.4, 0.5) is 0 Å². The van der Waals surface area contributed by atoms with Gasteiger partial charge in [0.2, 0.25) is 0 Å². The molecule has 1 saturated carbocycles. The van der Waals surface area contributed by atoms with Crippen molar-refractivity contribution in [1.29, 1.82) is 0 Å². The molecule has 1 aliphatic rings. The van der Waals surface area contributed by atoms with Crippen molar-refractivity contribution in [2.75, 3.05) is 7.05 Å². The Morgan fingerprint density at radius 3 is 2.82 bits per heavy atom. The van der Waals surface area contributed by atoms with E-state index in [1.807, 2.05) is 13.1 Å². The lowest BCUT2D eigenvalue weighted by molar-refractivity contribution is 0.180. The van der Waals surface area contributed by atoms with Crippen LogP contribution in [0, 0.1) is 11.8 Å². The summed E-state index contributed by atoms with van der Waals surface area (Å²) >= 11 is 6.12. The third kappa shape index (κ3) is 2.69. The van der Waals surface area contributed by atoms with Gasteiger partial charge in [-0.15, -0.1) is 0 Å². The first-order valence-corrected chi connectivity index (χ1v) is 7.05. The molecule has 3 heteroatoms. The minimum Gasteiger partial charge on any atom is -0.453 e. The van der Waals surface area contributed by atoms with Crippen LogP contribution in [0.1, 0.15) is 50.6 Å². The van der Waals surface area contributed by atoms with E-state index in [4.69, 9.17) is 16.0 Å². The number of hydrogen-bond donors (Lipinski definition) is 1. The zero-order chi connectivity index (χ0) is 12.3. The Balaban J connectivity index is 2.19. The number of furan rings is 1. The first kappa shape index (κ1) is 13.0. The maximum atomic E-state index is 6.12. The first-order chi connectivity index (χ1) is 8.27. The van der Waals surface area contributed by atoms with Gasteiger partial charge in [-0.25, -0.2) is 0 Å². The Morgan fingerprint density at radius 1 is 1.47 bits per heavy atom. The highest BCUT2D eigenvalue weighted by Gasteiger charge is 2.32. The molecule has 1 N–H and O–H groups in total. The molecule has 2 nitrogen and oxygen atoms in total. The van der Waals surface area contributed by atoms with Gasteiger partial charge >= 0.3 is 0 Å². The summed E-state index contributed by atoms with van der Waals surface area (Å²) in [6, 6.07) is 2.34. The second-order valence-electron chi connectivity index (χ2n) is 5.03. The van der Waals surface area contributed by atoms with Gasteiger partial charge in [0.1, 0.15) is 0 Å². The molecule has 3 unspecified atom stereocenters. The van der Waals surface area contributed by atoms with E-state index in [0.29, 0.717) is 17.2 Å². The average Bonchev–Trinajstić information content (AvgIpc) is 2.78. The molecule has 1 heterocycles. The van der Waals surface area contributed by atoms with Crippen LogP contribution in [0.3, 0.4) is 0 Å². The molecule has 0 bridgehead atoms. The van der Waals surface area contributed by atoms with Crippen molar-refractivity contribution in [2.45, 2.75) is 45.1 Å². The van der Waals surface area contributed by atoms with Gasteiger partial charge in [0.25, 0.3) is 0 Å². The van der Waals surface area contributed by atoms with Gasteiger partial charge in [0.05, 0.1) is 6.26 Å². The van der Waals surface area contributed by atoms with Crippen LogP contribution in [0.25, 0.3) is 0 Å². The highest BCUT2D eigenvalue weighted by atomic mass is 35.5. The molecule has 1 aliphatic carbocycles. The van der Waals surface area contributed by atoms with E-state index in [2.05, 4.69) is 12.2 Å². The standard InChI is InChI=1S/C14H22ClNO/c1-3-10-6-4-5-7-11(10)13(16-2)12-8-9-17-14(12)15/h8-11,13,16H,3-7H2,1-2H3. The minimum atomic E-state index is 0.339. The highest BCUT2D eigenvalue weighted by Crippen LogP contribution is 2.41. The predicted octanol–water partition coefficient (Wildman–Crippen LogP) is 4.41. The quantitative estimate of drug-likeness (QED) is 0.862. The predicted molar refractivity (Wildman–Crippen MR) is 71.3 cm³/mol. The lowest BCUT2D eigenvalue weighted by Gasteiger charge is -2.36. The van der Waals surface area contributed by atoms with Crippen molar-refractivity contribution in [3.63, 3.8) is 0 Å². The fourth-order valence-electron chi connectivity index (χ4n) is 3.31. The second kappa shape index (κ2) is 5.92. The molecule has 0 amide bonds. The van der Waals surface area contributed by atoms with E-state index in [-0.39, 0.29) is 0 Å². The second-order valence-corrected chi connectivity index (χ2v) is 5.38. The van der Waals surface area contributed by atoms with Crippen LogP contribution in [0.5, 0.6) is 0 Å². The SMILES string of the molecule is CCC1CCCCC1C(NC)c1ccoc1Cl. The minimum absolute atomic E-state index is 0.339. The normalized spacial score (nSPS) is 27.0. The summed E-state index contributed by atoms with van der Waals surface area (Å²) < 4.78 is 5.23. The van der Waals surface area contributed by atoms with Gasteiger partial charge in [0.15, 0.2) is 5.22 Å². The Hall–Kier alpha value is -0.470. The smallest absolute Gasteiger partial charge is 0.197 e. The van der Waals surface area contributed by atoms with Crippen molar-refractivity contribution in [3.05, 3.63) is 23.1 Å². The van der Waals surface area contributed by atoms with E-state index in [9.17, 15) is 0 Å². The van der Waals surface area contributed by atoms with Crippen LogP contribution in [0.15, 0.2) is 16.7 Å². The van der Waals surface area contributed by atoms with E-state index >= 15 is 0 Å². The Bertz CT molecular complexity index is 350. The van der Waals surface area contributed by atoms with E-state index < -0.39 is 0 Å². The van der Waals surface area contributed by atoms with Crippen LogP contribution >= 0.6 is 11.6 Å². The van der Waals surface area contributed by atoms with Gasteiger partial charge in [-0.1, -0.05) is 32.6 Å². The van der Waals surface area contributed by atoms with Crippen LogP contribution < -0.4 is 5.32 Å². The lowest BCUT2D eigenvalue weighted by atomic mass is 9.73. The molecule has 17 heavy (non-hydrogen) atoms. The van der Waals surface area contributed by atoms with E-state index in [0.717, 1.165) is 11.5 Å². The Labute approximate surface area is 109 Å². The summed E-state index contributed by atoms with van der Waals surface area (Å²) in [6.45, 7) is 2.30. The topological polar surface area (TPSA) is 25.2 Å². The number of nitrogens with one attached hydrogen (secondary N) is 1. The molecule has 2 rings (SSSR count). The van der Waals surface area contributed by atoms with Crippen LogP contribution in [-0.2, 0) is 0 Å². The summed E-state index contributed by atoms with van der Waals surface area (Å²) in [7, 11) is 2.02. The highest BCUT2D eigenvalue weighted by molar-refractivity contribution is 6.29. The fraction of sp³-hybridized carbons (Fsp3) is 0.714. The molecular weight excluding hydrogens is 234 g/mol. The number of halogens is 1. The molecule has 0 saturated heterocycles. The number of hydrogen-bond acceptors (Lipinski definition) is 2. The first-order valence-electron chi connectivity index (χ1n) is 6.68. The molecule has 1 aromatic rings. The molecule has 0 aromatic carbocycles. The molecule has 0 spiro atoms. The summed E-state index contributed by atoms with van der Waals surface area (Å²) in [6.07, 6.45) is 8.32. The van der Waals surface area contributed by atoms with Crippen molar-refractivity contribution in [2.24, 2.45) is 11.8 Å². The summed E-state index contributed by atoms with van der Waals surface area (Å²) in [5.41, 5.74) is 1.12. The van der Waals surface area contributed by atoms with Crippen molar-refractivity contribution in [3.8, 4) is 0 Å². The van der Waals surface area contributed by atoms with Gasteiger partial charge in [-0.05, 0) is 43.0 Å². The Kier molecular flexibility index (Phi) is 4.52. The molecule has 1 fully saturated rings. The van der Waals surface area contributed by atoms with Gasteiger partial charge in [-0.2, -0.15) is 0 Å². The molecule has 0 aliphatic heterocycles.